The summed E-state index contributed by atoms with van der Waals surface area (Å²) in [7, 11) is 0. The number of rotatable bonds is 2. The maximum Gasteiger partial charge on any atom is 0.422 e. The highest BCUT2D eigenvalue weighted by molar-refractivity contribution is 5.53. The average Bonchev–Trinajstić information content (AvgIpc) is 2.28. The highest BCUT2D eigenvalue weighted by Gasteiger charge is 2.44. The van der Waals surface area contributed by atoms with Crippen LogP contribution >= 0.6 is 0 Å². The Kier molecular flexibility index (Phi) is 4.22. The molecule has 0 saturated carbocycles. The summed E-state index contributed by atoms with van der Waals surface area (Å²) < 4.78 is 91.4. The topological polar surface area (TPSA) is 32.7 Å². The molecule has 0 bridgehead atoms. The molecule has 0 saturated heterocycles. The van der Waals surface area contributed by atoms with Crippen molar-refractivity contribution >= 4 is 5.69 Å². The molecule has 0 aliphatic carbocycles. The summed E-state index contributed by atoms with van der Waals surface area (Å²) in [5.41, 5.74) is -5.76. The first-order valence-electron chi connectivity index (χ1n) is 5.40. The van der Waals surface area contributed by atoms with E-state index in [1.807, 2.05) is 0 Å². The summed E-state index contributed by atoms with van der Waals surface area (Å²) in [5, 5.41) is 2.23. The van der Waals surface area contributed by atoms with Gasteiger partial charge in [-0.3, -0.25) is 0 Å². The minimum atomic E-state index is -5.64. The number of nitrogens with zero attached hydrogens (tertiary/aromatic N) is 2. The van der Waals surface area contributed by atoms with E-state index in [-0.39, 0.29) is 5.01 Å². The maximum atomic E-state index is 13.7. The van der Waals surface area contributed by atoms with Crippen LogP contribution in [0.4, 0.5) is 36.4 Å². The average molecular weight is 318 g/mol. The fraction of sp³-hybridized carbons (Fsp3) is 0.455. The lowest BCUT2D eigenvalue weighted by Crippen LogP contribution is -2.38. The molecule has 1 rings (SSSR count). The van der Waals surface area contributed by atoms with E-state index in [9.17, 15) is 35.6 Å². The second kappa shape index (κ2) is 5.15. The quantitative estimate of drug-likeness (QED) is 0.347. The molecule has 0 aliphatic heterocycles. The summed E-state index contributed by atoms with van der Waals surface area (Å²) in [5.74, 6) is -9.99. The van der Waals surface area contributed by atoms with Crippen molar-refractivity contribution in [3.05, 3.63) is 33.7 Å². The van der Waals surface area contributed by atoms with Gasteiger partial charge in [-0.15, -0.1) is 4.91 Å². The van der Waals surface area contributed by atoms with Gasteiger partial charge in [0, 0.05) is 0 Å². The minimum absolute atomic E-state index is 0.0178. The summed E-state index contributed by atoms with van der Waals surface area (Å²) in [6.45, 7) is 3.63. The molecular weight excluding hydrogens is 309 g/mol. The molecule has 0 amide bonds. The molecule has 0 radical (unpaired) electrons. The first-order chi connectivity index (χ1) is 9.34. The van der Waals surface area contributed by atoms with Gasteiger partial charge in [0.25, 0.3) is 0 Å². The molecule has 0 unspecified atom stereocenters. The van der Waals surface area contributed by atoms with E-state index in [4.69, 9.17) is 0 Å². The standard InChI is InChI=1S/C11H9F7N2O/c1-10(2,3)20(19-21)9-7(14)5(12)4(11(16,17)18)6(13)8(9)15/h1-3H3. The Morgan fingerprint density at radius 1 is 0.857 bits per heavy atom. The second-order valence-corrected chi connectivity index (χ2v) is 5.04. The van der Waals surface area contributed by atoms with Crippen LogP contribution in [0.5, 0.6) is 0 Å². The normalized spacial score (nSPS) is 12.5. The Morgan fingerprint density at radius 3 is 1.48 bits per heavy atom. The van der Waals surface area contributed by atoms with Crippen molar-refractivity contribution in [3.8, 4) is 0 Å². The van der Waals surface area contributed by atoms with Crippen molar-refractivity contribution in [2.24, 2.45) is 5.29 Å². The Labute approximate surface area is 114 Å². The molecular formula is C11H9F7N2O. The van der Waals surface area contributed by atoms with Gasteiger partial charge in [0.15, 0.2) is 23.3 Å². The van der Waals surface area contributed by atoms with Crippen molar-refractivity contribution < 1.29 is 30.7 Å². The van der Waals surface area contributed by atoms with Crippen molar-refractivity contribution in [2.45, 2.75) is 32.5 Å². The minimum Gasteiger partial charge on any atom is -0.218 e. The van der Waals surface area contributed by atoms with Gasteiger partial charge in [-0.25, -0.2) is 22.6 Å². The summed E-state index contributed by atoms with van der Waals surface area (Å²) in [4.78, 5) is 10.6. The molecule has 0 atom stereocenters. The van der Waals surface area contributed by atoms with Crippen molar-refractivity contribution in [1.29, 1.82) is 0 Å². The summed E-state index contributed by atoms with van der Waals surface area (Å²) in [6.07, 6.45) is -5.64. The van der Waals surface area contributed by atoms with E-state index < -0.39 is 46.2 Å². The van der Waals surface area contributed by atoms with Crippen LogP contribution in [0.2, 0.25) is 0 Å². The Hall–Kier alpha value is -1.87. The van der Waals surface area contributed by atoms with Crippen molar-refractivity contribution in [3.63, 3.8) is 0 Å². The van der Waals surface area contributed by atoms with E-state index in [1.165, 1.54) is 20.8 Å². The first kappa shape index (κ1) is 17.2. The molecule has 1 aromatic rings. The van der Waals surface area contributed by atoms with Gasteiger partial charge in [-0.1, -0.05) is 0 Å². The van der Waals surface area contributed by atoms with Crippen LogP contribution in [0.3, 0.4) is 0 Å². The molecule has 118 valence electrons. The fourth-order valence-electron chi connectivity index (χ4n) is 1.55. The highest BCUT2D eigenvalue weighted by atomic mass is 19.4. The van der Waals surface area contributed by atoms with Crippen molar-refractivity contribution in [1.82, 2.24) is 0 Å². The number of hydrogen-bond acceptors (Lipinski definition) is 2. The zero-order valence-electron chi connectivity index (χ0n) is 10.9. The van der Waals surface area contributed by atoms with Gasteiger partial charge in [0.1, 0.15) is 11.3 Å². The zero-order valence-corrected chi connectivity index (χ0v) is 10.9. The fourth-order valence-corrected chi connectivity index (χ4v) is 1.55. The van der Waals surface area contributed by atoms with Crippen LogP contribution in [0, 0.1) is 28.2 Å². The van der Waals surface area contributed by atoms with Crippen molar-refractivity contribution in [2.75, 3.05) is 5.01 Å². The number of halogens is 7. The van der Waals surface area contributed by atoms with Crippen LogP contribution in [0.25, 0.3) is 0 Å². The second-order valence-electron chi connectivity index (χ2n) is 5.04. The molecule has 0 fully saturated rings. The number of anilines is 1. The Balaban J connectivity index is 3.78. The number of nitroso groups, excluding NO2 is 1. The van der Waals surface area contributed by atoms with E-state index in [2.05, 4.69) is 5.29 Å². The van der Waals surface area contributed by atoms with Crippen LogP contribution in [0.1, 0.15) is 26.3 Å². The van der Waals surface area contributed by atoms with Crippen LogP contribution in [0.15, 0.2) is 5.29 Å². The molecule has 21 heavy (non-hydrogen) atoms. The SMILES string of the molecule is CC(C)(C)N(N=O)c1c(F)c(F)c(C(F)(F)F)c(F)c1F. The van der Waals surface area contributed by atoms with Gasteiger partial charge in [0.2, 0.25) is 0 Å². The Morgan fingerprint density at radius 2 is 1.24 bits per heavy atom. The van der Waals surface area contributed by atoms with E-state index in [0.717, 1.165) is 0 Å². The number of benzene rings is 1. The number of hydrogen-bond donors (Lipinski definition) is 0. The third kappa shape index (κ3) is 2.93. The van der Waals surface area contributed by atoms with Gasteiger partial charge >= 0.3 is 6.18 Å². The van der Waals surface area contributed by atoms with Crippen LogP contribution < -0.4 is 5.01 Å². The molecule has 10 heteroatoms. The smallest absolute Gasteiger partial charge is 0.218 e. The zero-order chi connectivity index (χ0) is 16.7. The summed E-state index contributed by atoms with van der Waals surface area (Å²) in [6, 6.07) is 0. The molecule has 1 aromatic carbocycles. The lowest BCUT2D eigenvalue weighted by atomic mass is 10.1. The molecule has 3 nitrogen and oxygen atoms in total. The van der Waals surface area contributed by atoms with Crippen LogP contribution in [-0.4, -0.2) is 5.54 Å². The highest BCUT2D eigenvalue weighted by Crippen LogP contribution is 2.40. The molecule has 0 aliphatic rings. The lowest BCUT2D eigenvalue weighted by Gasteiger charge is -2.30. The largest absolute Gasteiger partial charge is 0.422 e. The predicted molar refractivity (Wildman–Crippen MR) is 59.3 cm³/mol. The van der Waals surface area contributed by atoms with E-state index >= 15 is 0 Å². The van der Waals surface area contributed by atoms with Gasteiger partial charge in [-0.2, -0.15) is 13.2 Å². The Bertz CT molecular complexity index is 548. The molecule has 0 spiro atoms. The predicted octanol–water partition coefficient (Wildman–Crippen LogP) is 4.55. The number of alkyl halides is 3. The first-order valence-corrected chi connectivity index (χ1v) is 5.40. The van der Waals surface area contributed by atoms with E-state index in [0.29, 0.717) is 0 Å². The molecule has 0 heterocycles. The van der Waals surface area contributed by atoms with Gasteiger partial charge in [-0.05, 0) is 20.8 Å². The third-order valence-corrected chi connectivity index (χ3v) is 2.45. The third-order valence-electron chi connectivity index (χ3n) is 2.45. The maximum absolute atomic E-state index is 13.7. The van der Waals surface area contributed by atoms with E-state index in [1.54, 1.807) is 0 Å². The van der Waals surface area contributed by atoms with Gasteiger partial charge in [0.05, 0.1) is 10.8 Å². The van der Waals surface area contributed by atoms with Gasteiger partial charge < -0.3 is 0 Å². The summed E-state index contributed by atoms with van der Waals surface area (Å²) >= 11 is 0. The monoisotopic (exact) mass is 318 g/mol. The van der Waals surface area contributed by atoms with Crippen LogP contribution in [-0.2, 0) is 6.18 Å². The lowest BCUT2D eigenvalue weighted by molar-refractivity contribution is -0.143. The molecule has 0 aromatic heterocycles. The molecule has 0 N–H and O–H groups in total.